The van der Waals surface area contributed by atoms with Gasteiger partial charge in [0.25, 0.3) is 0 Å². The molecule has 1 amide bonds. The van der Waals surface area contributed by atoms with Gasteiger partial charge in [-0.25, -0.2) is 14.4 Å². The van der Waals surface area contributed by atoms with Gasteiger partial charge in [-0.3, -0.25) is 19.8 Å². The van der Waals surface area contributed by atoms with Gasteiger partial charge >= 0.3 is 0 Å². The number of rotatable bonds is 5. The second-order valence-electron chi connectivity index (χ2n) is 10.9. The fourth-order valence-corrected chi connectivity index (χ4v) is 5.39. The van der Waals surface area contributed by atoms with Crippen molar-refractivity contribution in [2.45, 2.75) is 27.2 Å². The van der Waals surface area contributed by atoms with Gasteiger partial charge in [0.1, 0.15) is 28.6 Å². The highest BCUT2D eigenvalue weighted by atomic mass is 32.1. The van der Waals surface area contributed by atoms with Crippen molar-refractivity contribution in [3.05, 3.63) is 71.4 Å². The molecule has 9 nitrogen and oxygen atoms in total. The normalized spacial score (nSPS) is 13.3. The second-order valence-corrected chi connectivity index (χ2v) is 11.9. The van der Waals surface area contributed by atoms with E-state index < -0.39 is 5.82 Å². The van der Waals surface area contributed by atoms with Crippen molar-refractivity contribution in [3.63, 3.8) is 0 Å². The molecule has 0 saturated heterocycles. The number of imidazole rings is 1. The number of carbonyl (C=O) groups is 1. The Bertz CT molecular complexity index is 1820. The van der Waals surface area contributed by atoms with Crippen LogP contribution < -0.4 is 10.6 Å². The lowest BCUT2D eigenvalue weighted by Gasteiger charge is -2.17. The topological polar surface area (TPSA) is 121 Å². The average molecular weight is 573 g/mol. The van der Waals surface area contributed by atoms with Crippen molar-refractivity contribution < 1.29 is 13.6 Å². The molecule has 0 spiro atoms. The van der Waals surface area contributed by atoms with E-state index in [9.17, 15) is 9.18 Å². The Balaban J connectivity index is 1.41. The number of aromatic amines is 1. The Hall–Kier alpha value is -4.58. The first kappa shape index (κ1) is 26.6. The molecule has 0 bridgehead atoms. The number of anilines is 2. The summed E-state index contributed by atoms with van der Waals surface area (Å²) in [6.07, 6.45) is 6.42. The van der Waals surface area contributed by atoms with Gasteiger partial charge in [0, 0.05) is 42.7 Å². The number of thiophene rings is 1. The van der Waals surface area contributed by atoms with Crippen LogP contribution in [-0.4, -0.2) is 49.6 Å². The Morgan fingerprint density at radius 2 is 1.98 bits per heavy atom. The number of amides is 1. The number of nitrogens with zero attached hydrogens (tertiary/aromatic N) is 5. The maximum Gasteiger partial charge on any atom is 0.224 e. The average Bonchev–Trinajstić information content (AvgIpc) is 3.48. The lowest BCUT2D eigenvalue weighted by atomic mass is 9.92. The van der Waals surface area contributed by atoms with E-state index in [4.69, 9.17) is 4.98 Å². The van der Waals surface area contributed by atoms with Crippen LogP contribution in [0.3, 0.4) is 0 Å². The highest BCUT2D eigenvalue weighted by molar-refractivity contribution is 7.13. The number of carbonyl (C=O) groups excluding carboxylic acids is 1. The minimum Gasteiger partial charge on any atom is -0.368 e. The summed E-state index contributed by atoms with van der Waals surface area (Å²) in [6, 6.07) is 6.46. The molecule has 0 aromatic carbocycles. The minimum absolute atomic E-state index is 0.153. The second kappa shape index (κ2) is 10.4. The number of halogens is 2. The number of H-pyrrole nitrogens is 1. The zero-order valence-corrected chi connectivity index (χ0v) is 23.4. The third kappa shape index (κ3) is 5.42. The molecule has 0 fully saturated rings. The zero-order valence-electron chi connectivity index (χ0n) is 22.5. The van der Waals surface area contributed by atoms with E-state index in [1.54, 1.807) is 24.4 Å². The van der Waals surface area contributed by atoms with Gasteiger partial charge in [0.05, 0.1) is 34.4 Å². The third-order valence-electron chi connectivity index (χ3n) is 6.38. The predicted molar refractivity (Wildman–Crippen MR) is 156 cm³/mol. The Morgan fingerprint density at radius 1 is 1.12 bits per heavy atom. The molecule has 1 aliphatic heterocycles. The van der Waals surface area contributed by atoms with E-state index in [0.29, 0.717) is 69.7 Å². The van der Waals surface area contributed by atoms with Gasteiger partial charge in [-0.05, 0) is 29.7 Å². The Labute approximate surface area is 238 Å². The van der Waals surface area contributed by atoms with Gasteiger partial charge in [-0.2, -0.15) is 4.39 Å². The first-order valence-electron chi connectivity index (χ1n) is 13.0. The predicted octanol–water partition coefficient (Wildman–Crippen LogP) is 6.06. The number of fused-ring (bicyclic) bond motifs is 2. The number of aromatic nitrogens is 5. The molecule has 0 atom stereocenters. The first-order chi connectivity index (χ1) is 19.7. The molecule has 208 valence electrons. The molecule has 0 aliphatic carbocycles. The molecular weight excluding hydrogens is 546 g/mol. The van der Waals surface area contributed by atoms with Crippen molar-refractivity contribution in [2.24, 2.45) is 10.4 Å². The van der Waals surface area contributed by atoms with E-state index >= 15 is 4.39 Å². The summed E-state index contributed by atoms with van der Waals surface area (Å²) in [4.78, 5) is 38.9. The van der Waals surface area contributed by atoms with Crippen LogP contribution in [0.25, 0.3) is 32.7 Å². The van der Waals surface area contributed by atoms with Crippen LogP contribution in [0.2, 0.25) is 0 Å². The van der Waals surface area contributed by atoms with Crippen molar-refractivity contribution >= 4 is 45.5 Å². The highest BCUT2D eigenvalue weighted by Crippen LogP contribution is 2.34. The summed E-state index contributed by atoms with van der Waals surface area (Å²) in [5.41, 5.74) is 3.11. The first-order valence-corrected chi connectivity index (χ1v) is 13.8. The maximum absolute atomic E-state index is 16.4. The van der Waals surface area contributed by atoms with Gasteiger partial charge in [-0.1, -0.05) is 20.8 Å². The van der Waals surface area contributed by atoms with E-state index in [-0.39, 0.29) is 27.6 Å². The van der Waals surface area contributed by atoms with Crippen molar-refractivity contribution in [1.29, 1.82) is 0 Å². The summed E-state index contributed by atoms with van der Waals surface area (Å²) in [5, 5.41) is 5.67. The van der Waals surface area contributed by atoms with Crippen LogP contribution >= 0.6 is 11.3 Å². The summed E-state index contributed by atoms with van der Waals surface area (Å²) in [7, 11) is 0. The van der Waals surface area contributed by atoms with E-state index in [1.807, 2.05) is 20.8 Å². The number of nitrogens with one attached hydrogen (secondary N) is 3. The summed E-state index contributed by atoms with van der Waals surface area (Å²) < 4.78 is 30.2. The number of aliphatic imine (C=N–C) groups is 1. The fraction of sp³-hybridized carbons (Fsp3) is 0.241. The van der Waals surface area contributed by atoms with Crippen molar-refractivity contribution in [3.8, 4) is 21.7 Å². The molecule has 1 aliphatic rings. The van der Waals surface area contributed by atoms with Gasteiger partial charge in [0.2, 0.25) is 5.91 Å². The van der Waals surface area contributed by atoms with E-state index in [0.717, 1.165) is 11.3 Å². The van der Waals surface area contributed by atoms with Crippen LogP contribution in [-0.2, 0) is 4.79 Å². The molecule has 6 heterocycles. The lowest BCUT2D eigenvalue weighted by Crippen LogP contribution is -2.19. The van der Waals surface area contributed by atoms with Crippen LogP contribution in [0.4, 0.5) is 20.3 Å². The summed E-state index contributed by atoms with van der Waals surface area (Å²) >= 11 is 0.976. The van der Waals surface area contributed by atoms with Crippen LogP contribution in [0, 0.1) is 16.4 Å². The number of pyridine rings is 3. The van der Waals surface area contributed by atoms with Gasteiger partial charge in [-0.15, -0.1) is 11.3 Å². The lowest BCUT2D eigenvalue weighted by molar-refractivity contribution is -0.117. The molecule has 0 unspecified atom stereocenters. The molecule has 12 heteroatoms. The molecule has 3 N–H and O–H groups in total. The van der Waals surface area contributed by atoms with E-state index in [2.05, 4.69) is 35.6 Å². The molecule has 5 aromatic heterocycles. The van der Waals surface area contributed by atoms with Crippen molar-refractivity contribution in [1.82, 2.24) is 24.9 Å². The molecule has 0 radical (unpaired) electrons. The largest absolute Gasteiger partial charge is 0.368 e. The Kier molecular flexibility index (Phi) is 6.78. The molecule has 6 rings (SSSR count). The van der Waals surface area contributed by atoms with Crippen LogP contribution in [0.15, 0.2) is 54.0 Å². The monoisotopic (exact) mass is 572 g/mol. The third-order valence-corrected chi connectivity index (χ3v) is 7.26. The van der Waals surface area contributed by atoms with Crippen LogP contribution in [0.1, 0.15) is 38.6 Å². The molecule has 41 heavy (non-hydrogen) atoms. The SMILES string of the molecule is CC(C)(C)CC(=O)Nc1cncc(-c2cnc3c(c2F)C(c2nc4c(-c5ccc(F)s5)nccc4[nH]2)=NCCN3)c1. The highest BCUT2D eigenvalue weighted by Gasteiger charge is 2.26. The van der Waals surface area contributed by atoms with Crippen LogP contribution in [0.5, 0.6) is 0 Å². The smallest absolute Gasteiger partial charge is 0.224 e. The molecular formula is C29H26F2N8OS. The number of hydrogen-bond donors (Lipinski definition) is 3. The van der Waals surface area contributed by atoms with E-state index in [1.165, 1.54) is 24.7 Å². The fourth-order valence-electron chi connectivity index (χ4n) is 4.67. The zero-order chi connectivity index (χ0) is 28.7. The van der Waals surface area contributed by atoms with Crippen molar-refractivity contribution in [2.75, 3.05) is 23.7 Å². The Morgan fingerprint density at radius 3 is 2.76 bits per heavy atom. The van der Waals surface area contributed by atoms with Gasteiger partial charge < -0.3 is 15.6 Å². The summed E-state index contributed by atoms with van der Waals surface area (Å²) in [5.74, 6) is -0.0264. The summed E-state index contributed by atoms with van der Waals surface area (Å²) in [6.45, 7) is 6.77. The number of hydrogen-bond acceptors (Lipinski definition) is 8. The molecule has 5 aromatic rings. The quantitative estimate of drug-likeness (QED) is 0.236. The minimum atomic E-state index is -0.553. The van der Waals surface area contributed by atoms with Gasteiger partial charge in [0.15, 0.2) is 11.0 Å². The maximum atomic E-state index is 16.4. The molecule has 0 saturated carbocycles. The standard InChI is InChI=1S/C29H26F2N8OS/c1-29(2,3)11-21(40)37-16-10-15(12-32-13-16)17-14-36-27-22(23(17)31)26(34-8-9-35-27)28-38-18-6-7-33-25(24(18)39-28)19-4-5-20(30)41-19/h4-7,10,12-14H,8-9,11H2,1-3H3,(H,35,36)(H,37,40)(H,38,39).